The molecule has 0 spiro atoms. The highest BCUT2D eigenvalue weighted by molar-refractivity contribution is 6.03. The first-order valence-corrected chi connectivity index (χ1v) is 6.45. The minimum absolute atomic E-state index is 0.112. The van der Waals surface area contributed by atoms with Crippen LogP contribution in [0.15, 0.2) is 30.5 Å². The summed E-state index contributed by atoms with van der Waals surface area (Å²) in [6, 6.07) is 7.25. The third kappa shape index (κ3) is 2.00. The Hall–Kier alpha value is -2.14. The van der Waals surface area contributed by atoms with Gasteiger partial charge in [0.1, 0.15) is 0 Å². The smallest absolute Gasteiger partial charge is 0.336 e. The number of carboxylic acids is 1. The van der Waals surface area contributed by atoms with E-state index in [4.69, 9.17) is 4.74 Å². The van der Waals surface area contributed by atoms with Gasteiger partial charge in [-0.1, -0.05) is 0 Å². The van der Waals surface area contributed by atoms with Crippen LogP contribution in [0.5, 0.6) is 0 Å². The van der Waals surface area contributed by atoms with Crippen LogP contribution in [0.25, 0.3) is 10.9 Å². The molecule has 0 amide bonds. The Kier molecular flexibility index (Phi) is 2.87. The Labute approximate surface area is 116 Å². The summed E-state index contributed by atoms with van der Waals surface area (Å²) in [6.45, 7) is 3.67. The largest absolute Gasteiger partial charge is 0.478 e. The minimum atomic E-state index is -0.931. The maximum absolute atomic E-state index is 11.3. The number of anilines is 1. The standard InChI is InChI=1S/C15H16N2O3/c1-15(20-2)8-17(9-15)10-3-4-13-12(7-10)11(14(18)19)5-6-16-13/h3-7H,8-9H2,1-2H3,(H,18,19). The number of methoxy groups -OCH3 is 1. The lowest BCUT2D eigenvalue weighted by molar-refractivity contribution is -0.0167. The molecule has 1 aliphatic heterocycles. The molecule has 20 heavy (non-hydrogen) atoms. The predicted octanol–water partition coefficient (Wildman–Crippen LogP) is 2.16. The zero-order valence-corrected chi connectivity index (χ0v) is 11.5. The third-order valence-electron chi connectivity index (χ3n) is 3.86. The van der Waals surface area contributed by atoms with Gasteiger partial charge >= 0.3 is 5.97 Å². The molecule has 0 atom stereocenters. The predicted molar refractivity (Wildman–Crippen MR) is 76.3 cm³/mol. The van der Waals surface area contributed by atoms with E-state index >= 15 is 0 Å². The van der Waals surface area contributed by atoms with E-state index in [-0.39, 0.29) is 11.2 Å². The molecule has 2 aromatic rings. The van der Waals surface area contributed by atoms with Crippen molar-refractivity contribution < 1.29 is 14.6 Å². The second kappa shape index (κ2) is 4.45. The summed E-state index contributed by atoms with van der Waals surface area (Å²) in [5.74, 6) is -0.931. The molecule has 1 aromatic heterocycles. The van der Waals surface area contributed by atoms with Gasteiger partial charge in [-0.3, -0.25) is 4.98 Å². The van der Waals surface area contributed by atoms with Crippen LogP contribution in [0.3, 0.4) is 0 Å². The highest BCUT2D eigenvalue weighted by atomic mass is 16.5. The van der Waals surface area contributed by atoms with Gasteiger partial charge in [-0.15, -0.1) is 0 Å². The molecule has 1 aromatic carbocycles. The number of aromatic nitrogens is 1. The lowest BCUT2D eigenvalue weighted by Crippen LogP contribution is -2.61. The van der Waals surface area contributed by atoms with Crippen LogP contribution >= 0.6 is 0 Å². The molecule has 1 N–H and O–H groups in total. The molecule has 104 valence electrons. The molecular formula is C15H16N2O3. The fourth-order valence-corrected chi connectivity index (χ4v) is 2.59. The van der Waals surface area contributed by atoms with E-state index in [1.165, 1.54) is 12.3 Å². The lowest BCUT2D eigenvalue weighted by atomic mass is 9.95. The molecule has 5 nitrogen and oxygen atoms in total. The van der Waals surface area contributed by atoms with Crippen LogP contribution in [0.2, 0.25) is 0 Å². The van der Waals surface area contributed by atoms with Gasteiger partial charge in [0.25, 0.3) is 0 Å². The maximum Gasteiger partial charge on any atom is 0.336 e. The van der Waals surface area contributed by atoms with Crippen molar-refractivity contribution in [3.8, 4) is 0 Å². The van der Waals surface area contributed by atoms with Gasteiger partial charge < -0.3 is 14.7 Å². The Morgan fingerprint density at radius 1 is 1.40 bits per heavy atom. The van der Waals surface area contributed by atoms with Crippen molar-refractivity contribution in [1.82, 2.24) is 4.98 Å². The van der Waals surface area contributed by atoms with Crippen LogP contribution in [-0.2, 0) is 4.74 Å². The van der Waals surface area contributed by atoms with Crippen molar-refractivity contribution in [2.24, 2.45) is 0 Å². The monoisotopic (exact) mass is 272 g/mol. The molecular weight excluding hydrogens is 256 g/mol. The topological polar surface area (TPSA) is 62.7 Å². The zero-order valence-electron chi connectivity index (χ0n) is 11.5. The number of carboxylic acid groups (broad SMARTS) is 1. The number of carbonyl (C=O) groups is 1. The fourth-order valence-electron chi connectivity index (χ4n) is 2.59. The summed E-state index contributed by atoms with van der Waals surface area (Å²) in [5.41, 5.74) is 1.87. The van der Waals surface area contributed by atoms with Gasteiger partial charge in [0.2, 0.25) is 0 Å². The van der Waals surface area contributed by atoms with Crippen molar-refractivity contribution in [2.75, 3.05) is 25.1 Å². The van der Waals surface area contributed by atoms with Crippen LogP contribution in [-0.4, -0.2) is 41.9 Å². The van der Waals surface area contributed by atoms with E-state index in [1.807, 2.05) is 18.2 Å². The highest BCUT2D eigenvalue weighted by Crippen LogP contribution is 2.32. The van der Waals surface area contributed by atoms with E-state index in [1.54, 1.807) is 7.11 Å². The van der Waals surface area contributed by atoms with Gasteiger partial charge in [-0.25, -0.2) is 4.79 Å². The number of rotatable bonds is 3. The van der Waals surface area contributed by atoms with Crippen LogP contribution in [0.4, 0.5) is 5.69 Å². The van der Waals surface area contributed by atoms with Crippen LogP contribution in [0.1, 0.15) is 17.3 Å². The lowest BCUT2D eigenvalue weighted by Gasteiger charge is -2.48. The number of pyridine rings is 1. The molecule has 0 bridgehead atoms. The summed E-state index contributed by atoms with van der Waals surface area (Å²) in [4.78, 5) is 17.6. The molecule has 1 aliphatic rings. The number of hydrogen-bond donors (Lipinski definition) is 1. The van der Waals surface area contributed by atoms with E-state index in [9.17, 15) is 9.90 Å². The van der Waals surface area contributed by atoms with E-state index < -0.39 is 5.97 Å². The third-order valence-corrected chi connectivity index (χ3v) is 3.86. The van der Waals surface area contributed by atoms with Gasteiger partial charge in [-0.05, 0) is 31.2 Å². The molecule has 2 heterocycles. The quantitative estimate of drug-likeness (QED) is 0.927. The normalized spacial score (nSPS) is 17.0. The molecule has 0 radical (unpaired) electrons. The van der Waals surface area contributed by atoms with Crippen molar-refractivity contribution in [3.63, 3.8) is 0 Å². The first kappa shape index (κ1) is 12.9. The van der Waals surface area contributed by atoms with Gasteiger partial charge in [0.05, 0.1) is 16.7 Å². The van der Waals surface area contributed by atoms with Crippen molar-refractivity contribution in [3.05, 3.63) is 36.0 Å². The SMILES string of the molecule is COC1(C)CN(c2ccc3nccc(C(=O)O)c3c2)C1. The van der Waals surface area contributed by atoms with Crippen LogP contribution < -0.4 is 4.90 Å². The van der Waals surface area contributed by atoms with Gasteiger partial charge in [-0.2, -0.15) is 0 Å². The second-order valence-corrected chi connectivity index (χ2v) is 5.38. The van der Waals surface area contributed by atoms with E-state index in [0.29, 0.717) is 10.9 Å². The molecule has 5 heteroatoms. The Bertz CT molecular complexity index is 678. The van der Waals surface area contributed by atoms with Crippen molar-refractivity contribution in [2.45, 2.75) is 12.5 Å². The summed E-state index contributed by atoms with van der Waals surface area (Å²) in [6.07, 6.45) is 1.52. The van der Waals surface area contributed by atoms with Crippen molar-refractivity contribution >= 4 is 22.6 Å². The molecule has 0 saturated carbocycles. The Morgan fingerprint density at radius 2 is 2.15 bits per heavy atom. The van der Waals surface area contributed by atoms with E-state index in [2.05, 4.69) is 16.8 Å². The molecule has 0 unspecified atom stereocenters. The Morgan fingerprint density at radius 3 is 2.80 bits per heavy atom. The molecule has 1 saturated heterocycles. The van der Waals surface area contributed by atoms with E-state index in [0.717, 1.165) is 18.8 Å². The van der Waals surface area contributed by atoms with Gasteiger partial charge in [0.15, 0.2) is 0 Å². The first-order chi connectivity index (χ1) is 9.52. The Balaban J connectivity index is 1.99. The zero-order chi connectivity index (χ0) is 14.3. The first-order valence-electron chi connectivity index (χ1n) is 6.45. The number of nitrogens with zero attached hydrogens (tertiary/aromatic N) is 2. The number of ether oxygens (including phenoxy) is 1. The van der Waals surface area contributed by atoms with Crippen LogP contribution in [0, 0.1) is 0 Å². The number of hydrogen-bond acceptors (Lipinski definition) is 4. The minimum Gasteiger partial charge on any atom is -0.478 e. The molecule has 0 aliphatic carbocycles. The summed E-state index contributed by atoms with van der Waals surface area (Å²) >= 11 is 0. The average molecular weight is 272 g/mol. The highest BCUT2D eigenvalue weighted by Gasteiger charge is 2.38. The fraction of sp³-hybridized carbons (Fsp3) is 0.333. The number of aromatic carboxylic acids is 1. The number of benzene rings is 1. The average Bonchev–Trinajstić information content (AvgIpc) is 2.42. The van der Waals surface area contributed by atoms with Crippen molar-refractivity contribution in [1.29, 1.82) is 0 Å². The van der Waals surface area contributed by atoms with Gasteiger partial charge in [0, 0.05) is 37.5 Å². The summed E-state index contributed by atoms with van der Waals surface area (Å²) in [7, 11) is 1.71. The molecule has 3 rings (SSSR count). The maximum atomic E-state index is 11.3. The molecule has 1 fully saturated rings. The summed E-state index contributed by atoms with van der Waals surface area (Å²) < 4.78 is 5.43. The summed E-state index contributed by atoms with van der Waals surface area (Å²) in [5, 5.41) is 9.91. The second-order valence-electron chi connectivity index (χ2n) is 5.38. The number of fused-ring (bicyclic) bond motifs is 1.